The molecule has 0 saturated carbocycles. The lowest BCUT2D eigenvalue weighted by atomic mass is 10.00. The van der Waals surface area contributed by atoms with E-state index in [-0.39, 0.29) is 11.1 Å². The third kappa shape index (κ3) is 3.41. The molecular formula is C18H14F3N3O4. The second kappa shape index (κ2) is 6.64. The van der Waals surface area contributed by atoms with Crippen LogP contribution in [0, 0.1) is 17.0 Å². The summed E-state index contributed by atoms with van der Waals surface area (Å²) in [6.07, 6.45) is -4.46. The topological polar surface area (TPSA) is 95.7 Å². The Morgan fingerprint density at radius 1 is 1.21 bits per heavy atom. The molecule has 1 unspecified atom stereocenters. The van der Waals surface area contributed by atoms with Crippen LogP contribution >= 0.6 is 0 Å². The average molecular weight is 393 g/mol. The molecule has 1 aliphatic rings. The Balaban J connectivity index is 2.12. The van der Waals surface area contributed by atoms with Gasteiger partial charge in [-0.05, 0) is 19.1 Å². The molecule has 2 N–H and O–H groups in total. The molecule has 2 aromatic carbocycles. The summed E-state index contributed by atoms with van der Waals surface area (Å²) in [6.45, 7) is 1.69. The molecule has 28 heavy (non-hydrogen) atoms. The molecule has 1 aliphatic heterocycles. The first kappa shape index (κ1) is 19.4. The van der Waals surface area contributed by atoms with Crippen LogP contribution < -0.4 is 5.43 Å². The van der Waals surface area contributed by atoms with Crippen molar-refractivity contribution in [1.82, 2.24) is 10.4 Å². The lowest BCUT2D eigenvalue weighted by Crippen LogP contribution is -2.51. The van der Waals surface area contributed by atoms with Crippen LogP contribution in [0.15, 0.2) is 60.3 Å². The molecule has 1 amide bonds. The number of nitro benzene ring substituents is 1. The van der Waals surface area contributed by atoms with E-state index in [0.29, 0.717) is 16.6 Å². The van der Waals surface area contributed by atoms with Crippen LogP contribution in [0.2, 0.25) is 0 Å². The van der Waals surface area contributed by atoms with Crippen molar-refractivity contribution in [2.45, 2.75) is 18.8 Å². The van der Waals surface area contributed by atoms with Crippen LogP contribution in [0.5, 0.6) is 0 Å². The normalized spacial score (nSPS) is 19.2. The monoisotopic (exact) mass is 393 g/mol. The molecule has 0 spiro atoms. The Morgan fingerprint density at radius 3 is 2.50 bits per heavy atom. The molecule has 0 radical (unpaired) electrons. The summed E-state index contributed by atoms with van der Waals surface area (Å²) in [5.41, 5.74) is -2.05. The van der Waals surface area contributed by atoms with Crippen molar-refractivity contribution in [3.63, 3.8) is 0 Å². The fourth-order valence-corrected chi connectivity index (χ4v) is 2.82. The molecule has 3 rings (SSSR count). The van der Waals surface area contributed by atoms with E-state index in [4.69, 9.17) is 0 Å². The number of allylic oxidation sites excluding steroid dienone is 1. The molecule has 0 bridgehead atoms. The summed E-state index contributed by atoms with van der Waals surface area (Å²) >= 11 is 0. The van der Waals surface area contributed by atoms with Crippen molar-refractivity contribution in [2.75, 3.05) is 0 Å². The summed E-state index contributed by atoms with van der Waals surface area (Å²) in [7, 11) is 0. The first-order valence-electron chi connectivity index (χ1n) is 7.97. The van der Waals surface area contributed by atoms with Crippen molar-refractivity contribution in [2.24, 2.45) is 0 Å². The number of aryl methyl sites for hydroxylation is 1. The van der Waals surface area contributed by atoms with Gasteiger partial charge in [-0.15, -0.1) is 0 Å². The highest BCUT2D eigenvalue weighted by Gasteiger charge is 2.50. The highest BCUT2D eigenvalue weighted by atomic mass is 19.4. The molecule has 1 heterocycles. The summed E-state index contributed by atoms with van der Waals surface area (Å²) < 4.78 is 39.7. The van der Waals surface area contributed by atoms with Crippen LogP contribution in [-0.2, 0) is 5.72 Å². The number of rotatable bonds is 3. The lowest BCUT2D eigenvalue weighted by Gasteiger charge is -2.33. The Kier molecular flexibility index (Phi) is 4.59. The van der Waals surface area contributed by atoms with E-state index in [1.807, 2.05) is 5.43 Å². The Bertz CT molecular complexity index is 990. The zero-order valence-corrected chi connectivity index (χ0v) is 14.4. The van der Waals surface area contributed by atoms with Crippen LogP contribution in [-0.4, -0.2) is 27.1 Å². The maximum Gasteiger partial charge on any atom is 0.432 e. The van der Waals surface area contributed by atoms with Crippen molar-refractivity contribution in [3.05, 3.63) is 87.1 Å². The largest absolute Gasteiger partial charge is 0.432 e. The summed E-state index contributed by atoms with van der Waals surface area (Å²) in [5.74, 6) is -0.937. The second-order valence-corrected chi connectivity index (χ2v) is 6.21. The van der Waals surface area contributed by atoms with Gasteiger partial charge in [0.05, 0.1) is 4.92 Å². The van der Waals surface area contributed by atoms with Gasteiger partial charge in [0, 0.05) is 29.3 Å². The minimum absolute atomic E-state index is 0.0354. The number of nitrogens with zero attached hydrogens (tertiary/aromatic N) is 2. The summed E-state index contributed by atoms with van der Waals surface area (Å²) in [4.78, 5) is 23.1. The quantitative estimate of drug-likeness (QED) is 0.617. The van der Waals surface area contributed by atoms with E-state index < -0.39 is 34.1 Å². The Morgan fingerprint density at radius 2 is 1.89 bits per heavy atom. The third-order valence-corrected chi connectivity index (χ3v) is 4.17. The number of halogens is 3. The van der Waals surface area contributed by atoms with E-state index in [9.17, 15) is 33.2 Å². The van der Waals surface area contributed by atoms with Crippen molar-refractivity contribution < 1.29 is 28.0 Å². The van der Waals surface area contributed by atoms with Gasteiger partial charge in [-0.1, -0.05) is 29.8 Å². The average Bonchev–Trinajstić information content (AvgIpc) is 3.00. The van der Waals surface area contributed by atoms with Crippen molar-refractivity contribution in [3.8, 4) is 0 Å². The van der Waals surface area contributed by atoms with Gasteiger partial charge in [0.1, 0.15) is 5.70 Å². The predicted octanol–water partition coefficient (Wildman–Crippen LogP) is 3.16. The highest BCUT2D eigenvalue weighted by molar-refractivity contribution is 5.95. The maximum absolute atomic E-state index is 13.2. The highest BCUT2D eigenvalue weighted by Crippen LogP contribution is 2.39. The Hall–Kier alpha value is -3.40. The number of non-ortho nitro benzene ring substituents is 1. The lowest BCUT2D eigenvalue weighted by molar-refractivity contribution is -0.385. The van der Waals surface area contributed by atoms with Gasteiger partial charge >= 0.3 is 6.18 Å². The van der Waals surface area contributed by atoms with E-state index in [2.05, 4.69) is 0 Å². The molecule has 1 atom stereocenters. The number of nitro groups is 1. The molecule has 0 aliphatic carbocycles. The van der Waals surface area contributed by atoms with Gasteiger partial charge in [0.15, 0.2) is 0 Å². The molecule has 2 aromatic rings. The smallest absolute Gasteiger partial charge is 0.362 e. The molecule has 0 aromatic heterocycles. The zero-order valence-electron chi connectivity index (χ0n) is 14.4. The molecule has 146 valence electrons. The summed E-state index contributed by atoms with van der Waals surface area (Å²) in [5, 5.41) is 22.4. The van der Waals surface area contributed by atoms with Gasteiger partial charge in [-0.25, -0.2) is 5.01 Å². The zero-order chi connectivity index (χ0) is 20.7. The van der Waals surface area contributed by atoms with Gasteiger partial charge in [0.2, 0.25) is 5.72 Å². The van der Waals surface area contributed by atoms with Gasteiger partial charge < -0.3 is 5.11 Å². The number of hydrazine groups is 1. The van der Waals surface area contributed by atoms with E-state index in [1.54, 1.807) is 19.1 Å². The standard InChI is InChI=1S/C18H14F3N3O4/c1-11-4-2-5-12(8-11)16(25)23-17(26,10-15(22-23)18(19,20)21)13-6-3-7-14(9-13)24(27)28/h2-10,22,26H,1H3. The van der Waals surface area contributed by atoms with E-state index in [1.165, 1.54) is 24.3 Å². The SMILES string of the molecule is Cc1cccc(C(=O)N2NC(C(F)(F)F)=CC2(O)c2cccc([N+](=O)[O-])c2)c1. The molecule has 0 saturated heterocycles. The molecular weight excluding hydrogens is 379 g/mol. The van der Waals surface area contributed by atoms with E-state index >= 15 is 0 Å². The van der Waals surface area contributed by atoms with Crippen molar-refractivity contribution in [1.29, 1.82) is 0 Å². The Labute approximate surface area is 156 Å². The fourth-order valence-electron chi connectivity index (χ4n) is 2.82. The number of amides is 1. The number of carbonyl (C=O) groups excluding carboxylic acids is 1. The number of hydrogen-bond acceptors (Lipinski definition) is 5. The molecule has 7 nitrogen and oxygen atoms in total. The fraction of sp³-hybridized carbons (Fsp3) is 0.167. The number of benzene rings is 2. The summed E-state index contributed by atoms with van der Waals surface area (Å²) in [6, 6.07) is 10.5. The minimum Gasteiger partial charge on any atom is -0.362 e. The van der Waals surface area contributed by atoms with Crippen LogP contribution in [0.4, 0.5) is 18.9 Å². The number of carbonyl (C=O) groups is 1. The number of alkyl halides is 3. The second-order valence-electron chi connectivity index (χ2n) is 6.21. The first-order valence-corrected chi connectivity index (χ1v) is 7.97. The van der Waals surface area contributed by atoms with Crippen LogP contribution in [0.3, 0.4) is 0 Å². The predicted molar refractivity (Wildman–Crippen MR) is 91.6 cm³/mol. The van der Waals surface area contributed by atoms with E-state index in [0.717, 1.165) is 12.1 Å². The van der Waals surface area contributed by atoms with Crippen LogP contribution in [0.25, 0.3) is 0 Å². The number of nitrogens with one attached hydrogen (secondary N) is 1. The molecule has 0 fully saturated rings. The minimum atomic E-state index is -4.88. The van der Waals surface area contributed by atoms with Gasteiger partial charge in [-0.3, -0.25) is 20.3 Å². The number of hydrogen-bond donors (Lipinski definition) is 2. The maximum atomic E-state index is 13.2. The van der Waals surface area contributed by atoms with Gasteiger partial charge in [0.25, 0.3) is 11.6 Å². The number of aliphatic hydroxyl groups is 1. The first-order chi connectivity index (χ1) is 13.0. The van der Waals surface area contributed by atoms with Crippen LogP contribution in [0.1, 0.15) is 21.5 Å². The molecule has 10 heteroatoms. The third-order valence-electron chi connectivity index (χ3n) is 4.17. The van der Waals surface area contributed by atoms with Gasteiger partial charge in [-0.2, -0.15) is 13.2 Å². The van der Waals surface area contributed by atoms with Crippen molar-refractivity contribution >= 4 is 11.6 Å².